The number of alkyl halides is 2. The predicted octanol–water partition coefficient (Wildman–Crippen LogP) is 1.96. The Morgan fingerprint density at radius 3 is 2.75 bits per heavy atom. The van der Waals surface area contributed by atoms with E-state index in [0.717, 1.165) is 12.1 Å². The summed E-state index contributed by atoms with van der Waals surface area (Å²) in [4.78, 5) is 11.6. The molecule has 112 valence electrons. The van der Waals surface area contributed by atoms with Crippen LogP contribution < -0.4 is 15.8 Å². The fourth-order valence-corrected chi connectivity index (χ4v) is 1.46. The van der Waals surface area contributed by atoms with Crippen molar-refractivity contribution in [2.45, 2.75) is 19.0 Å². The molecule has 0 saturated carbocycles. The molecule has 0 aliphatic heterocycles. The number of ether oxygens (including phenoxy) is 1. The largest absolute Gasteiger partial charge is 0.479 e. The first-order chi connectivity index (χ1) is 9.25. The number of rotatable bonds is 6. The molecular weight excluding hydrogens is 297 g/mol. The standard InChI is InChI=1S/C12H14ClF3N2O2/c1-7(11(19)18-6-12(15,16)5-17)20-10-3-2-8(14)4-9(10)13/h2-4,7H,5-6,17H2,1H3,(H,18,19). The first-order valence-corrected chi connectivity index (χ1v) is 6.10. The fourth-order valence-electron chi connectivity index (χ4n) is 1.25. The minimum absolute atomic E-state index is 0.0167. The average Bonchev–Trinajstić information content (AvgIpc) is 2.39. The van der Waals surface area contributed by atoms with Gasteiger partial charge in [0, 0.05) is 0 Å². The number of amides is 1. The zero-order valence-electron chi connectivity index (χ0n) is 10.6. The number of halogens is 4. The van der Waals surface area contributed by atoms with E-state index in [2.05, 4.69) is 0 Å². The van der Waals surface area contributed by atoms with Crippen molar-refractivity contribution in [1.82, 2.24) is 5.32 Å². The van der Waals surface area contributed by atoms with Crippen molar-refractivity contribution in [2.24, 2.45) is 5.73 Å². The van der Waals surface area contributed by atoms with Gasteiger partial charge in [-0.05, 0) is 25.1 Å². The molecule has 1 aromatic carbocycles. The summed E-state index contributed by atoms with van der Waals surface area (Å²) in [6.45, 7) is -0.394. The first kappa shape index (κ1) is 16.6. The van der Waals surface area contributed by atoms with Crippen molar-refractivity contribution < 1.29 is 22.7 Å². The second-order valence-corrected chi connectivity index (χ2v) is 4.52. The summed E-state index contributed by atoms with van der Waals surface area (Å²) < 4.78 is 43.7. The van der Waals surface area contributed by atoms with Crippen LogP contribution in [0, 0.1) is 5.82 Å². The highest BCUT2D eigenvalue weighted by Gasteiger charge is 2.28. The number of carbonyl (C=O) groups excluding carboxylic acids is 1. The average molecular weight is 311 g/mol. The lowest BCUT2D eigenvalue weighted by molar-refractivity contribution is -0.129. The molecule has 0 bridgehead atoms. The lowest BCUT2D eigenvalue weighted by atomic mass is 10.3. The van der Waals surface area contributed by atoms with Crippen LogP contribution in [0.15, 0.2) is 18.2 Å². The van der Waals surface area contributed by atoms with Crippen molar-refractivity contribution in [2.75, 3.05) is 13.1 Å². The van der Waals surface area contributed by atoms with Gasteiger partial charge in [0.05, 0.1) is 18.1 Å². The molecule has 0 aliphatic rings. The highest BCUT2D eigenvalue weighted by Crippen LogP contribution is 2.25. The fraction of sp³-hybridized carbons (Fsp3) is 0.417. The van der Waals surface area contributed by atoms with E-state index < -0.39 is 36.8 Å². The van der Waals surface area contributed by atoms with Gasteiger partial charge < -0.3 is 15.8 Å². The molecule has 1 atom stereocenters. The maximum Gasteiger partial charge on any atom is 0.277 e. The van der Waals surface area contributed by atoms with E-state index in [-0.39, 0.29) is 10.8 Å². The zero-order chi connectivity index (χ0) is 15.3. The van der Waals surface area contributed by atoms with E-state index in [1.165, 1.54) is 13.0 Å². The summed E-state index contributed by atoms with van der Waals surface area (Å²) in [5, 5.41) is 2.00. The van der Waals surface area contributed by atoms with E-state index in [9.17, 15) is 18.0 Å². The van der Waals surface area contributed by atoms with Gasteiger partial charge in [0.2, 0.25) is 0 Å². The van der Waals surface area contributed by atoms with Crippen LogP contribution in [0.3, 0.4) is 0 Å². The summed E-state index contributed by atoms with van der Waals surface area (Å²) in [6.07, 6.45) is -1.06. The Morgan fingerprint density at radius 2 is 2.20 bits per heavy atom. The number of hydrogen-bond donors (Lipinski definition) is 2. The van der Waals surface area contributed by atoms with Gasteiger partial charge in [-0.3, -0.25) is 4.79 Å². The second kappa shape index (κ2) is 6.81. The van der Waals surface area contributed by atoms with Crippen molar-refractivity contribution in [3.05, 3.63) is 29.0 Å². The summed E-state index contributed by atoms with van der Waals surface area (Å²) in [5.41, 5.74) is 4.84. The molecule has 4 nitrogen and oxygen atoms in total. The van der Waals surface area contributed by atoms with Gasteiger partial charge in [0.15, 0.2) is 6.10 Å². The lowest BCUT2D eigenvalue weighted by Gasteiger charge is -2.18. The number of hydrogen-bond acceptors (Lipinski definition) is 3. The Hall–Kier alpha value is -1.47. The zero-order valence-corrected chi connectivity index (χ0v) is 11.4. The predicted molar refractivity (Wildman–Crippen MR) is 68.5 cm³/mol. The molecular formula is C12H14ClF3N2O2. The van der Waals surface area contributed by atoms with Crippen molar-refractivity contribution in [3.8, 4) is 5.75 Å². The Kier molecular flexibility index (Phi) is 5.64. The van der Waals surface area contributed by atoms with E-state index in [1.54, 1.807) is 0 Å². The number of nitrogens with two attached hydrogens (primary N) is 1. The number of carbonyl (C=O) groups is 1. The maximum atomic E-state index is 12.9. The summed E-state index contributed by atoms with van der Waals surface area (Å²) >= 11 is 5.72. The second-order valence-electron chi connectivity index (χ2n) is 4.11. The molecule has 1 aromatic rings. The lowest BCUT2D eigenvalue weighted by Crippen LogP contribution is -2.45. The first-order valence-electron chi connectivity index (χ1n) is 5.72. The molecule has 0 spiro atoms. The van der Waals surface area contributed by atoms with Gasteiger partial charge in [0.25, 0.3) is 11.8 Å². The molecule has 1 unspecified atom stereocenters. The van der Waals surface area contributed by atoms with Gasteiger partial charge in [-0.1, -0.05) is 11.6 Å². The van der Waals surface area contributed by atoms with Crippen molar-refractivity contribution in [3.63, 3.8) is 0 Å². The highest BCUT2D eigenvalue weighted by atomic mass is 35.5. The molecule has 0 saturated heterocycles. The molecule has 0 aliphatic carbocycles. The molecule has 0 aromatic heterocycles. The third kappa shape index (κ3) is 4.90. The van der Waals surface area contributed by atoms with E-state index >= 15 is 0 Å². The number of nitrogens with one attached hydrogen (secondary N) is 1. The summed E-state index contributed by atoms with van der Waals surface area (Å²) in [6, 6.07) is 3.37. The van der Waals surface area contributed by atoms with Crippen LogP contribution in [-0.2, 0) is 4.79 Å². The molecule has 0 fully saturated rings. The number of benzene rings is 1. The van der Waals surface area contributed by atoms with Gasteiger partial charge in [-0.2, -0.15) is 0 Å². The molecule has 1 amide bonds. The van der Waals surface area contributed by atoms with E-state index in [4.69, 9.17) is 22.1 Å². The monoisotopic (exact) mass is 310 g/mol. The van der Waals surface area contributed by atoms with Crippen LogP contribution in [0.5, 0.6) is 5.75 Å². The van der Waals surface area contributed by atoms with Crippen LogP contribution in [0.25, 0.3) is 0 Å². The van der Waals surface area contributed by atoms with Crippen LogP contribution in [0.1, 0.15) is 6.92 Å². The van der Waals surface area contributed by atoms with E-state index in [0.29, 0.717) is 0 Å². The van der Waals surface area contributed by atoms with E-state index in [1.807, 2.05) is 5.32 Å². The quantitative estimate of drug-likeness (QED) is 0.844. The third-order valence-corrected chi connectivity index (χ3v) is 2.68. The van der Waals surface area contributed by atoms with Crippen molar-refractivity contribution >= 4 is 17.5 Å². The molecule has 20 heavy (non-hydrogen) atoms. The highest BCUT2D eigenvalue weighted by molar-refractivity contribution is 6.32. The van der Waals surface area contributed by atoms with Gasteiger partial charge in [0.1, 0.15) is 11.6 Å². The normalized spacial score (nSPS) is 12.9. The summed E-state index contributed by atoms with van der Waals surface area (Å²) in [7, 11) is 0. The Bertz CT molecular complexity index is 486. The molecule has 8 heteroatoms. The molecule has 0 radical (unpaired) electrons. The van der Waals surface area contributed by atoms with Gasteiger partial charge in [-0.25, -0.2) is 13.2 Å². The van der Waals surface area contributed by atoms with Crippen molar-refractivity contribution in [1.29, 1.82) is 0 Å². The minimum Gasteiger partial charge on any atom is -0.479 e. The Balaban J connectivity index is 2.57. The van der Waals surface area contributed by atoms with Crippen LogP contribution >= 0.6 is 11.6 Å². The molecule has 0 heterocycles. The molecule has 1 rings (SSSR count). The molecule has 3 N–H and O–H groups in total. The minimum atomic E-state index is -3.18. The Morgan fingerprint density at radius 1 is 1.55 bits per heavy atom. The van der Waals surface area contributed by atoms with Crippen LogP contribution in [-0.4, -0.2) is 31.0 Å². The topological polar surface area (TPSA) is 64.3 Å². The Labute approximate surface area is 119 Å². The van der Waals surface area contributed by atoms with Gasteiger partial charge in [-0.15, -0.1) is 0 Å². The van der Waals surface area contributed by atoms with Gasteiger partial charge >= 0.3 is 0 Å². The third-order valence-electron chi connectivity index (χ3n) is 2.39. The smallest absolute Gasteiger partial charge is 0.277 e. The summed E-state index contributed by atoms with van der Waals surface area (Å²) in [5.74, 6) is -4.40. The SMILES string of the molecule is CC(Oc1ccc(F)cc1Cl)C(=O)NCC(F)(F)CN. The maximum absolute atomic E-state index is 12.9. The van der Waals surface area contributed by atoms with Crippen LogP contribution in [0.2, 0.25) is 5.02 Å². The van der Waals surface area contributed by atoms with Crippen LogP contribution in [0.4, 0.5) is 13.2 Å².